The van der Waals surface area contributed by atoms with Gasteiger partial charge in [-0.3, -0.25) is 4.90 Å². The van der Waals surface area contributed by atoms with Crippen LogP contribution in [0.4, 0.5) is 0 Å². The van der Waals surface area contributed by atoms with E-state index in [0.29, 0.717) is 6.54 Å². The summed E-state index contributed by atoms with van der Waals surface area (Å²) in [5.74, 6) is 1.89. The van der Waals surface area contributed by atoms with Crippen molar-refractivity contribution in [2.75, 3.05) is 13.1 Å². The zero-order valence-corrected chi connectivity index (χ0v) is 11.7. The molecule has 0 aliphatic carbocycles. The Morgan fingerprint density at radius 1 is 1.16 bits per heavy atom. The highest BCUT2D eigenvalue weighted by Gasteiger charge is 2.20. The second kappa shape index (κ2) is 6.55. The first-order valence-electron chi connectivity index (χ1n) is 6.79. The van der Waals surface area contributed by atoms with Crippen LogP contribution in [-0.4, -0.2) is 18.0 Å². The Bertz CT molecular complexity index is 492. The van der Waals surface area contributed by atoms with Gasteiger partial charge in [0.1, 0.15) is 11.5 Å². The molecule has 0 amide bonds. The Kier molecular flexibility index (Phi) is 4.77. The van der Waals surface area contributed by atoms with Crippen molar-refractivity contribution in [2.24, 2.45) is 5.73 Å². The molecule has 102 valence electrons. The van der Waals surface area contributed by atoms with E-state index in [2.05, 4.69) is 36.1 Å². The number of hydrogen-bond acceptors (Lipinski definition) is 3. The Balaban J connectivity index is 2.15. The Morgan fingerprint density at radius 2 is 1.89 bits per heavy atom. The Morgan fingerprint density at radius 3 is 2.42 bits per heavy atom. The zero-order chi connectivity index (χ0) is 13.7. The molecule has 1 unspecified atom stereocenters. The lowest BCUT2D eigenvalue weighted by Gasteiger charge is -2.28. The van der Waals surface area contributed by atoms with Crippen LogP contribution in [0.3, 0.4) is 0 Å². The molecule has 1 heterocycles. The van der Waals surface area contributed by atoms with Gasteiger partial charge in [-0.2, -0.15) is 0 Å². The number of benzene rings is 1. The highest BCUT2D eigenvalue weighted by atomic mass is 16.3. The minimum absolute atomic E-state index is 0.138. The monoisotopic (exact) mass is 258 g/mol. The maximum Gasteiger partial charge on any atom is 0.122 e. The van der Waals surface area contributed by atoms with Gasteiger partial charge in [-0.1, -0.05) is 37.3 Å². The maximum absolute atomic E-state index is 5.94. The smallest absolute Gasteiger partial charge is 0.122 e. The standard InChI is InChI=1S/C16H22N2O/c1-3-18(12-14-7-5-4-6-8-14)15(11-17)16-10-9-13(2)19-16/h4-10,15H,3,11-12,17H2,1-2H3. The molecule has 2 N–H and O–H groups in total. The number of nitrogens with two attached hydrogens (primary N) is 1. The van der Waals surface area contributed by atoms with Crippen molar-refractivity contribution in [3.05, 3.63) is 59.5 Å². The van der Waals surface area contributed by atoms with Gasteiger partial charge in [0, 0.05) is 13.1 Å². The predicted octanol–water partition coefficient (Wildman–Crippen LogP) is 3.11. The molecule has 2 aromatic rings. The molecule has 0 fully saturated rings. The van der Waals surface area contributed by atoms with Crippen LogP contribution in [0.2, 0.25) is 0 Å². The first-order chi connectivity index (χ1) is 9.24. The summed E-state index contributed by atoms with van der Waals surface area (Å²) in [6, 6.07) is 14.6. The zero-order valence-electron chi connectivity index (χ0n) is 11.7. The van der Waals surface area contributed by atoms with Gasteiger partial charge in [-0.05, 0) is 31.2 Å². The van der Waals surface area contributed by atoms with Crippen molar-refractivity contribution in [1.82, 2.24) is 4.90 Å². The topological polar surface area (TPSA) is 42.4 Å². The lowest BCUT2D eigenvalue weighted by atomic mass is 10.1. The highest BCUT2D eigenvalue weighted by molar-refractivity contribution is 5.16. The first-order valence-corrected chi connectivity index (χ1v) is 6.79. The largest absolute Gasteiger partial charge is 0.465 e. The van der Waals surface area contributed by atoms with Crippen molar-refractivity contribution in [1.29, 1.82) is 0 Å². The van der Waals surface area contributed by atoms with E-state index in [1.165, 1.54) is 5.56 Å². The Hall–Kier alpha value is -1.58. The quantitative estimate of drug-likeness (QED) is 0.865. The summed E-state index contributed by atoms with van der Waals surface area (Å²) in [5, 5.41) is 0. The van der Waals surface area contributed by atoms with E-state index in [4.69, 9.17) is 10.2 Å². The molecule has 3 heteroatoms. The molecule has 0 spiro atoms. The fraction of sp³-hybridized carbons (Fsp3) is 0.375. The lowest BCUT2D eigenvalue weighted by molar-refractivity contribution is 0.179. The van der Waals surface area contributed by atoms with Crippen LogP contribution in [-0.2, 0) is 6.54 Å². The van der Waals surface area contributed by atoms with Gasteiger partial charge in [0.15, 0.2) is 0 Å². The number of rotatable bonds is 6. The average molecular weight is 258 g/mol. The van der Waals surface area contributed by atoms with Crippen molar-refractivity contribution in [2.45, 2.75) is 26.4 Å². The van der Waals surface area contributed by atoms with Crippen molar-refractivity contribution < 1.29 is 4.42 Å². The molecule has 1 atom stereocenters. The summed E-state index contributed by atoms with van der Waals surface area (Å²) in [5.41, 5.74) is 7.24. The van der Waals surface area contributed by atoms with Crippen molar-refractivity contribution in [3.63, 3.8) is 0 Å². The summed E-state index contributed by atoms with van der Waals surface area (Å²) in [6.07, 6.45) is 0. The van der Waals surface area contributed by atoms with Gasteiger partial charge in [-0.15, -0.1) is 0 Å². The molecule has 0 bridgehead atoms. The second-order valence-electron chi connectivity index (χ2n) is 4.75. The summed E-state index contributed by atoms with van der Waals surface area (Å²) >= 11 is 0. The number of likely N-dealkylation sites (N-methyl/N-ethyl adjacent to an activating group) is 1. The normalized spacial score (nSPS) is 12.8. The van der Waals surface area contributed by atoms with Gasteiger partial charge in [0.25, 0.3) is 0 Å². The minimum Gasteiger partial charge on any atom is -0.465 e. The summed E-state index contributed by atoms with van der Waals surface area (Å²) < 4.78 is 5.74. The number of aryl methyl sites for hydroxylation is 1. The molecule has 1 aromatic carbocycles. The molecule has 2 rings (SSSR count). The fourth-order valence-electron chi connectivity index (χ4n) is 2.34. The van der Waals surface area contributed by atoms with E-state index in [1.54, 1.807) is 0 Å². The SMILES string of the molecule is CCN(Cc1ccccc1)C(CN)c1ccc(C)o1. The third kappa shape index (κ3) is 3.46. The fourth-order valence-corrected chi connectivity index (χ4v) is 2.34. The maximum atomic E-state index is 5.94. The summed E-state index contributed by atoms with van der Waals surface area (Å²) in [4.78, 5) is 2.34. The number of furan rings is 1. The van der Waals surface area contributed by atoms with E-state index in [9.17, 15) is 0 Å². The minimum atomic E-state index is 0.138. The van der Waals surface area contributed by atoms with E-state index in [1.807, 2.05) is 25.1 Å². The van der Waals surface area contributed by atoms with Gasteiger partial charge in [0.2, 0.25) is 0 Å². The van der Waals surface area contributed by atoms with Gasteiger partial charge < -0.3 is 10.2 Å². The first kappa shape index (κ1) is 13.8. The number of hydrogen-bond donors (Lipinski definition) is 1. The summed E-state index contributed by atoms with van der Waals surface area (Å²) in [7, 11) is 0. The molecule has 0 aliphatic rings. The van der Waals surface area contributed by atoms with Crippen molar-refractivity contribution in [3.8, 4) is 0 Å². The Labute approximate surface area is 115 Å². The average Bonchev–Trinajstić information content (AvgIpc) is 2.86. The lowest BCUT2D eigenvalue weighted by Crippen LogP contribution is -2.33. The molecular weight excluding hydrogens is 236 g/mol. The molecule has 3 nitrogen and oxygen atoms in total. The van der Waals surface area contributed by atoms with E-state index >= 15 is 0 Å². The highest BCUT2D eigenvalue weighted by Crippen LogP contribution is 2.23. The predicted molar refractivity (Wildman–Crippen MR) is 77.8 cm³/mol. The van der Waals surface area contributed by atoms with E-state index in [-0.39, 0.29) is 6.04 Å². The van der Waals surface area contributed by atoms with Gasteiger partial charge >= 0.3 is 0 Å². The molecule has 0 saturated heterocycles. The molecule has 0 saturated carbocycles. The van der Waals surface area contributed by atoms with Gasteiger partial charge in [0.05, 0.1) is 6.04 Å². The van der Waals surface area contributed by atoms with Crippen LogP contribution < -0.4 is 5.73 Å². The molecule has 19 heavy (non-hydrogen) atoms. The molecule has 1 aromatic heterocycles. The second-order valence-corrected chi connectivity index (χ2v) is 4.75. The van der Waals surface area contributed by atoms with Crippen LogP contribution in [0, 0.1) is 6.92 Å². The third-order valence-corrected chi connectivity index (χ3v) is 3.39. The van der Waals surface area contributed by atoms with Crippen LogP contribution >= 0.6 is 0 Å². The van der Waals surface area contributed by atoms with Crippen LogP contribution in [0.1, 0.15) is 30.0 Å². The van der Waals surface area contributed by atoms with E-state index in [0.717, 1.165) is 24.6 Å². The third-order valence-electron chi connectivity index (χ3n) is 3.39. The van der Waals surface area contributed by atoms with Gasteiger partial charge in [-0.25, -0.2) is 0 Å². The molecule has 0 aliphatic heterocycles. The van der Waals surface area contributed by atoms with Crippen LogP contribution in [0.15, 0.2) is 46.9 Å². The van der Waals surface area contributed by atoms with E-state index < -0.39 is 0 Å². The summed E-state index contributed by atoms with van der Waals surface area (Å²) in [6.45, 7) is 6.51. The van der Waals surface area contributed by atoms with Crippen molar-refractivity contribution >= 4 is 0 Å². The number of nitrogens with zero attached hydrogens (tertiary/aromatic N) is 1. The molecule has 0 radical (unpaired) electrons. The molecular formula is C16H22N2O. The van der Waals surface area contributed by atoms with Crippen LogP contribution in [0.25, 0.3) is 0 Å². The van der Waals surface area contributed by atoms with Crippen LogP contribution in [0.5, 0.6) is 0 Å².